The second-order valence-corrected chi connectivity index (χ2v) is 3.66. The summed E-state index contributed by atoms with van der Waals surface area (Å²) >= 11 is 0. The zero-order chi connectivity index (χ0) is 9.80. The Morgan fingerprint density at radius 3 is 3.21 bits per heavy atom. The number of rotatable bonds is 4. The summed E-state index contributed by atoms with van der Waals surface area (Å²) < 4.78 is 0. The average molecular weight is 192 g/mol. The number of imidazole rings is 1. The molecule has 4 nitrogen and oxygen atoms in total. The molecule has 0 aromatic carbocycles. The summed E-state index contributed by atoms with van der Waals surface area (Å²) in [4.78, 5) is 9.42. The van der Waals surface area contributed by atoms with Crippen molar-refractivity contribution in [3.8, 4) is 0 Å². The van der Waals surface area contributed by atoms with E-state index in [0.29, 0.717) is 6.04 Å². The van der Waals surface area contributed by atoms with Gasteiger partial charge in [0.05, 0.1) is 13.0 Å². The van der Waals surface area contributed by atoms with Crippen molar-refractivity contribution in [1.82, 2.24) is 20.2 Å². The van der Waals surface area contributed by atoms with Crippen molar-refractivity contribution in [3.63, 3.8) is 0 Å². The van der Waals surface area contributed by atoms with Crippen molar-refractivity contribution in [2.45, 2.75) is 25.8 Å². The van der Waals surface area contributed by atoms with Crippen molar-refractivity contribution < 1.29 is 0 Å². The van der Waals surface area contributed by atoms with Crippen LogP contribution in [0.4, 0.5) is 0 Å². The Bertz CT molecular complexity index is 291. The zero-order valence-electron chi connectivity index (χ0n) is 8.40. The first-order valence-corrected chi connectivity index (χ1v) is 4.99. The monoisotopic (exact) mass is 192 g/mol. The second kappa shape index (κ2) is 4.17. The van der Waals surface area contributed by atoms with Crippen LogP contribution in [-0.2, 0) is 6.42 Å². The second-order valence-electron chi connectivity index (χ2n) is 3.66. The van der Waals surface area contributed by atoms with E-state index >= 15 is 0 Å². The fourth-order valence-corrected chi connectivity index (χ4v) is 1.61. The first-order chi connectivity index (χ1) is 6.86. The van der Waals surface area contributed by atoms with Gasteiger partial charge in [-0.15, -0.1) is 0 Å². The summed E-state index contributed by atoms with van der Waals surface area (Å²) in [5.41, 5.74) is 1.22. The van der Waals surface area contributed by atoms with Gasteiger partial charge in [0.2, 0.25) is 0 Å². The van der Waals surface area contributed by atoms with Crippen LogP contribution in [-0.4, -0.2) is 27.6 Å². The van der Waals surface area contributed by atoms with Gasteiger partial charge >= 0.3 is 0 Å². The third kappa shape index (κ3) is 2.07. The van der Waals surface area contributed by atoms with Crippen LogP contribution in [0.2, 0.25) is 0 Å². The number of hydrogen-bond acceptors (Lipinski definition) is 3. The van der Waals surface area contributed by atoms with E-state index in [0.717, 1.165) is 19.5 Å². The largest absolute Gasteiger partial charge is 0.373 e. The Labute approximate surface area is 84.0 Å². The summed E-state index contributed by atoms with van der Waals surface area (Å²) in [6.45, 7) is 3.18. The van der Waals surface area contributed by atoms with E-state index in [4.69, 9.17) is 0 Å². The highest BCUT2D eigenvalue weighted by molar-refractivity contribution is 4.96. The number of aryl methyl sites for hydroxylation is 1. The minimum Gasteiger partial charge on any atom is -0.373 e. The molecule has 1 aliphatic heterocycles. The van der Waals surface area contributed by atoms with Gasteiger partial charge in [-0.2, -0.15) is 0 Å². The first kappa shape index (κ1) is 9.12. The lowest BCUT2D eigenvalue weighted by atomic mass is 10.1. The standard InChI is InChI=1S/C10H16N4/c1-9(14-5-4-11-8-14)2-3-10-6-12-7-13-10/h4-7,9,11H,2-3,8H2,1H3,(H,12,13). The quantitative estimate of drug-likeness (QED) is 0.750. The van der Waals surface area contributed by atoms with Crippen LogP contribution in [0.5, 0.6) is 0 Å². The lowest BCUT2D eigenvalue weighted by Crippen LogP contribution is -2.30. The molecule has 1 atom stereocenters. The molecule has 1 aliphatic rings. The van der Waals surface area contributed by atoms with Gasteiger partial charge in [-0.25, -0.2) is 4.98 Å². The summed E-state index contributed by atoms with van der Waals surface area (Å²) in [7, 11) is 0. The molecule has 4 heteroatoms. The van der Waals surface area contributed by atoms with Crippen LogP contribution >= 0.6 is 0 Å². The van der Waals surface area contributed by atoms with Crippen molar-refractivity contribution in [3.05, 3.63) is 30.6 Å². The van der Waals surface area contributed by atoms with Crippen molar-refractivity contribution >= 4 is 0 Å². The Morgan fingerprint density at radius 1 is 1.64 bits per heavy atom. The Balaban J connectivity index is 1.77. The molecule has 2 heterocycles. The lowest BCUT2D eigenvalue weighted by molar-refractivity contribution is 0.291. The number of aromatic nitrogens is 2. The summed E-state index contributed by atoms with van der Waals surface area (Å²) in [6, 6.07) is 0.574. The summed E-state index contributed by atoms with van der Waals surface area (Å²) in [5.74, 6) is 0. The highest BCUT2D eigenvalue weighted by Gasteiger charge is 2.12. The molecule has 1 aromatic rings. The molecule has 2 rings (SSSR count). The Kier molecular flexibility index (Phi) is 2.72. The van der Waals surface area contributed by atoms with Gasteiger partial charge in [-0.05, 0) is 19.8 Å². The molecule has 2 N–H and O–H groups in total. The molecule has 0 bridgehead atoms. The smallest absolute Gasteiger partial charge is 0.0921 e. The average Bonchev–Trinajstić information content (AvgIpc) is 2.87. The fraction of sp³-hybridized carbons (Fsp3) is 0.500. The molecule has 1 aromatic heterocycles. The number of aromatic amines is 1. The topological polar surface area (TPSA) is 44.0 Å². The third-order valence-corrected chi connectivity index (χ3v) is 2.61. The van der Waals surface area contributed by atoms with E-state index < -0.39 is 0 Å². The minimum atomic E-state index is 0.574. The van der Waals surface area contributed by atoms with Gasteiger partial charge in [-0.1, -0.05) is 0 Å². The molecular formula is C10H16N4. The summed E-state index contributed by atoms with van der Waals surface area (Å²) in [6.07, 6.45) is 9.94. The number of hydrogen-bond donors (Lipinski definition) is 2. The van der Waals surface area contributed by atoms with E-state index in [9.17, 15) is 0 Å². The lowest BCUT2D eigenvalue weighted by Gasteiger charge is -2.23. The van der Waals surface area contributed by atoms with E-state index in [2.05, 4.69) is 33.3 Å². The third-order valence-electron chi connectivity index (χ3n) is 2.61. The SMILES string of the molecule is CC(CCc1cnc[nH]1)N1C=CNC1. The van der Waals surface area contributed by atoms with Gasteiger partial charge in [0.25, 0.3) is 0 Å². The molecule has 76 valence electrons. The maximum absolute atomic E-state index is 4.00. The Morgan fingerprint density at radius 2 is 2.57 bits per heavy atom. The molecule has 0 radical (unpaired) electrons. The van der Waals surface area contributed by atoms with Crippen LogP contribution in [0.3, 0.4) is 0 Å². The molecule has 1 unspecified atom stereocenters. The van der Waals surface area contributed by atoms with Gasteiger partial charge in [0.1, 0.15) is 0 Å². The number of nitrogens with zero attached hydrogens (tertiary/aromatic N) is 2. The number of nitrogens with one attached hydrogen (secondary N) is 2. The maximum Gasteiger partial charge on any atom is 0.0921 e. The highest BCUT2D eigenvalue weighted by atomic mass is 15.3. The van der Waals surface area contributed by atoms with Gasteiger partial charge in [0.15, 0.2) is 0 Å². The van der Waals surface area contributed by atoms with Gasteiger partial charge < -0.3 is 15.2 Å². The van der Waals surface area contributed by atoms with Gasteiger partial charge in [0, 0.05) is 30.3 Å². The van der Waals surface area contributed by atoms with E-state index in [1.54, 1.807) is 6.33 Å². The summed E-state index contributed by atoms with van der Waals surface area (Å²) in [5, 5.41) is 3.17. The van der Waals surface area contributed by atoms with Crippen molar-refractivity contribution in [2.75, 3.05) is 6.67 Å². The molecule has 14 heavy (non-hydrogen) atoms. The predicted octanol–water partition coefficient (Wildman–Crippen LogP) is 1.06. The molecule has 0 saturated heterocycles. The van der Waals surface area contributed by atoms with Crippen molar-refractivity contribution in [1.29, 1.82) is 0 Å². The fourth-order valence-electron chi connectivity index (χ4n) is 1.61. The molecule has 0 aliphatic carbocycles. The Hall–Kier alpha value is -1.45. The van der Waals surface area contributed by atoms with Gasteiger partial charge in [-0.3, -0.25) is 0 Å². The predicted molar refractivity (Wildman–Crippen MR) is 55.4 cm³/mol. The van der Waals surface area contributed by atoms with Crippen LogP contribution < -0.4 is 5.32 Å². The normalized spacial score (nSPS) is 17.1. The van der Waals surface area contributed by atoms with Crippen LogP contribution in [0.25, 0.3) is 0 Å². The minimum absolute atomic E-state index is 0.574. The molecular weight excluding hydrogens is 176 g/mol. The van der Waals surface area contributed by atoms with Crippen LogP contribution in [0, 0.1) is 0 Å². The van der Waals surface area contributed by atoms with E-state index in [1.807, 2.05) is 12.4 Å². The number of H-pyrrole nitrogens is 1. The first-order valence-electron chi connectivity index (χ1n) is 4.99. The van der Waals surface area contributed by atoms with Crippen molar-refractivity contribution in [2.24, 2.45) is 0 Å². The highest BCUT2D eigenvalue weighted by Crippen LogP contribution is 2.09. The van der Waals surface area contributed by atoms with E-state index in [1.165, 1.54) is 5.69 Å². The van der Waals surface area contributed by atoms with E-state index in [-0.39, 0.29) is 0 Å². The van der Waals surface area contributed by atoms with Crippen LogP contribution in [0.1, 0.15) is 19.0 Å². The molecule has 0 saturated carbocycles. The zero-order valence-corrected chi connectivity index (χ0v) is 8.40. The maximum atomic E-state index is 4.00. The molecule has 0 fully saturated rings. The molecule has 0 amide bonds. The molecule has 0 spiro atoms. The van der Waals surface area contributed by atoms with Crippen LogP contribution in [0.15, 0.2) is 24.9 Å².